The minimum atomic E-state index is 0.376. The molecule has 60 valence electrons. The first-order valence-corrected chi connectivity index (χ1v) is 3.47. The van der Waals surface area contributed by atoms with Crippen LogP contribution in [-0.2, 0) is 0 Å². The highest BCUT2D eigenvalue weighted by molar-refractivity contribution is 5.72. The molecule has 0 saturated carbocycles. The van der Waals surface area contributed by atoms with Crippen molar-refractivity contribution in [1.29, 1.82) is 0 Å². The number of fused-ring (bicyclic) bond motifs is 1. The SMILES string of the molecule is Cc1ncnc2nc(N)cnc12. The third-order valence-electron chi connectivity index (χ3n) is 1.55. The molecule has 0 aliphatic carbocycles. The van der Waals surface area contributed by atoms with Gasteiger partial charge in [0.25, 0.3) is 0 Å². The average molecular weight is 161 g/mol. The van der Waals surface area contributed by atoms with Gasteiger partial charge in [-0.2, -0.15) is 0 Å². The molecule has 2 heterocycles. The van der Waals surface area contributed by atoms with Gasteiger partial charge in [0.1, 0.15) is 17.7 Å². The molecule has 2 rings (SSSR count). The molecule has 0 aliphatic rings. The Hall–Kier alpha value is -1.78. The number of aryl methyl sites for hydroxylation is 1. The van der Waals surface area contributed by atoms with Gasteiger partial charge in [0, 0.05) is 0 Å². The van der Waals surface area contributed by atoms with Crippen LogP contribution in [0.15, 0.2) is 12.5 Å². The Kier molecular flexibility index (Phi) is 1.36. The molecule has 0 unspecified atom stereocenters. The maximum Gasteiger partial charge on any atom is 0.183 e. The lowest BCUT2D eigenvalue weighted by Crippen LogP contribution is -1.96. The van der Waals surface area contributed by atoms with Crippen molar-refractivity contribution >= 4 is 17.0 Å². The van der Waals surface area contributed by atoms with E-state index in [0.717, 1.165) is 5.69 Å². The molecule has 0 saturated heterocycles. The molecule has 0 aliphatic heterocycles. The van der Waals surface area contributed by atoms with Gasteiger partial charge < -0.3 is 5.73 Å². The van der Waals surface area contributed by atoms with Crippen LogP contribution in [0.4, 0.5) is 5.82 Å². The third-order valence-corrected chi connectivity index (χ3v) is 1.55. The largest absolute Gasteiger partial charge is 0.382 e. The summed E-state index contributed by atoms with van der Waals surface area (Å²) >= 11 is 0. The molecule has 0 aromatic carbocycles. The first-order chi connectivity index (χ1) is 5.77. The fourth-order valence-electron chi connectivity index (χ4n) is 0.969. The fourth-order valence-corrected chi connectivity index (χ4v) is 0.969. The zero-order valence-electron chi connectivity index (χ0n) is 6.52. The van der Waals surface area contributed by atoms with Crippen molar-refractivity contribution in [2.75, 3.05) is 5.73 Å². The van der Waals surface area contributed by atoms with E-state index in [1.807, 2.05) is 6.92 Å². The first-order valence-electron chi connectivity index (χ1n) is 3.47. The van der Waals surface area contributed by atoms with Crippen molar-refractivity contribution in [2.24, 2.45) is 0 Å². The highest BCUT2D eigenvalue weighted by Gasteiger charge is 2.00. The molecule has 12 heavy (non-hydrogen) atoms. The lowest BCUT2D eigenvalue weighted by Gasteiger charge is -1.97. The van der Waals surface area contributed by atoms with Crippen molar-refractivity contribution in [3.05, 3.63) is 18.2 Å². The van der Waals surface area contributed by atoms with Crippen molar-refractivity contribution in [3.8, 4) is 0 Å². The van der Waals surface area contributed by atoms with Gasteiger partial charge in [-0.1, -0.05) is 0 Å². The summed E-state index contributed by atoms with van der Waals surface area (Å²) in [7, 11) is 0. The van der Waals surface area contributed by atoms with Crippen molar-refractivity contribution in [2.45, 2.75) is 6.92 Å². The average Bonchev–Trinajstić information content (AvgIpc) is 2.04. The monoisotopic (exact) mass is 161 g/mol. The Morgan fingerprint density at radius 2 is 2.08 bits per heavy atom. The number of hydrogen-bond acceptors (Lipinski definition) is 5. The molecule has 2 aromatic rings. The first kappa shape index (κ1) is 6.90. The second-order valence-electron chi connectivity index (χ2n) is 2.43. The minimum absolute atomic E-state index is 0.376. The molecule has 2 N–H and O–H groups in total. The molecule has 5 heteroatoms. The molecular formula is C7H7N5. The maximum atomic E-state index is 5.44. The van der Waals surface area contributed by atoms with Crippen LogP contribution in [0.5, 0.6) is 0 Å². The molecule has 0 radical (unpaired) electrons. The summed E-state index contributed by atoms with van der Waals surface area (Å²) in [4.78, 5) is 16.0. The lowest BCUT2D eigenvalue weighted by atomic mass is 10.4. The van der Waals surface area contributed by atoms with E-state index in [1.165, 1.54) is 12.5 Å². The molecule has 0 fully saturated rings. The van der Waals surface area contributed by atoms with Crippen LogP contribution in [0.25, 0.3) is 11.2 Å². The Morgan fingerprint density at radius 1 is 1.25 bits per heavy atom. The van der Waals surface area contributed by atoms with E-state index in [0.29, 0.717) is 17.0 Å². The molecule has 5 nitrogen and oxygen atoms in total. The molecular weight excluding hydrogens is 154 g/mol. The van der Waals surface area contributed by atoms with Gasteiger partial charge in [0.2, 0.25) is 0 Å². The maximum absolute atomic E-state index is 5.44. The number of anilines is 1. The highest BCUT2D eigenvalue weighted by Crippen LogP contribution is 2.08. The van der Waals surface area contributed by atoms with Crippen molar-refractivity contribution < 1.29 is 0 Å². The molecule has 2 aromatic heterocycles. The van der Waals surface area contributed by atoms with Crippen LogP contribution >= 0.6 is 0 Å². The van der Waals surface area contributed by atoms with Crippen LogP contribution in [0.1, 0.15) is 5.69 Å². The Balaban J connectivity index is 2.86. The van der Waals surface area contributed by atoms with Gasteiger partial charge in [-0.3, -0.25) is 0 Å². The second-order valence-corrected chi connectivity index (χ2v) is 2.43. The van der Waals surface area contributed by atoms with Crippen LogP contribution in [0.2, 0.25) is 0 Å². The topological polar surface area (TPSA) is 77.6 Å². The van der Waals surface area contributed by atoms with Crippen molar-refractivity contribution in [1.82, 2.24) is 19.9 Å². The summed E-state index contributed by atoms with van der Waals surface area (Å²) in [5.74, 6) is 0.376. The number of nitrogens with zero attached hydrogens (tertiary/aromatic N) is 4. The summed E-state index contributed by atoms with van der Waals surface area (Å²) in [6.07, 6.45) is 2.95. The minimum Gasteiger partial charge on any atom is -0.382 e. The fraction of sp³-hybridized carbons (Fsp3) is 0.143. The predicted octanol–water partition coefficient (Wildman–Crippen LogP) is 0.310. The van der Waals surface area contributed by atoms with Gasteiger partial charge in [-0.15, -0.1) is 0 Å². The van der Waals surface area contributed by atoms with Crippen LogP contribution < -0.4 is 5.73 Å². The Morgan fingerprint density at radius 3 is 2.92 bits per heavy atom. The summed E-state index contributed by atoms with van der Waals surface area (Å²) < 4.78 is 0. The van der Waals surface area contributed by atoms with Crippen molar-refractivity contribution in [3.63, 3.8) is 0 Å². The number of nitrogens with two attached hydrogens (primary N) is 1. The van der Waals surface area contributed by atoms with E-state index < -0.39 is 0 Å². The van der Waals surface area contributed by atoms with Gasteiger partial charge in [-0.05, 0) is 6.92 Å². The summed E-state index contributed by atoms with van der Waals surface area (Å²) in [5, 5.41) is 0. The van der Waals surface area contributed by atoms with E-state index in [-0.39, 0.29) is 0 Å². The highest BCUT2D eigenvalue weighted by atomic mass is 15.0. The predicted molar refractivity (Wildman–Crippen MR) is 44.3 cm³/mol. The lowest BCUT2D eigenvalue weighted by molar-refractivity contribution is 1.10. The number of nitrogen functional groups attached to an aromatic ring is 1. The standard InChI is InChI=1S/C7H7N5/c1-4-6-7(11-3-10-4)12-5(8)2-9-6/h2-3H,1H3,(H2,8,10,11,12). The summed E-state index contributed by atoms with van der Waals surface area (Å²) in [6, 6.07) is 0. The Bertz CT molecular complexity index is 425. The van der Waals surface area contributed by atoms with Gasteiger partial charge in [-0.25, -0.2) is 19.9 Å². The molecule has 0 atom stereocenters. The zero-order valence-corrected chi connectivity index (χ0v) is 6.52. The van der Waals surface area contributed by atoms with Gasteiger partial charge >= 0.3 is 0 Å². The van der Waals surface area contributed by atoms with E-state index >= 15 is 0 Å². The zero-order chi connectivity index (χ0) is 8.55. The van der Waals surface area contributed by atoms with E-state index in [1.54, 1.807) is 0 Å². The number of aromatic nitrogens is 4. The van der Waals surface area contributed by atoms with E-state index in [2.05, 4.69) is 19.9 Å². The van der Waals surface area contributed by atoms with Crippen LogP contribution in [0, 0.1) is 6.92 Å². The number of hydrogen-bond donors (Lipinski definition) is 1. The smallest absolute Gasteiger partial charge is 0.183 e. The summed E-state index contributed by atoms with van der Waals surface area (Å²) in [5.41, 5.74) is 7.50. The second kappa shape index (κ2) is 2.37. The number of rotatable bonds is 0. The van der Waals surface area contributed by atoms with E-state index in [9.17, 15) is 0 Å². The normalized spacial score (nSPS) is 10.4. The summed E-state index contributed by atoms with van der Waals surface area (Å²) in [6.45, 7) is 1.86. The van der Waals surface area contributed by atoms with Gasteiger partial charge in [0.05, 0.1) is 11.9 Å². The quantitative estimate of drug-likeness (QED) is 0.601. The molecule has 0 bridgehead atoms. The molecule has 0 spiro atoms. The molecule has 0 amide bonds. The Labute approximate surface area is 68.7 Å². The van der Waals surface area contributed by atoms with E-state index in [4.69, 9.17) is 5.73 Å². The van der Waals surface area contributed by atoms with Crippen LogP contribution in [0.3, 0.4) is 0 Å². The van der Waals surface area contributed by atoms with Crippen LogP contribution in [-0.4, -0.2) is 19.9 Å². The third kappa shape index (κ3) is 0.952. The van der Waals surface area contributed by atoms with Gasteiger partial charge in [0.15, 0.2) is 5.65 Å².